The maximum absolute atomic E-state index is 8.71. The molecule has 0 fully saturated rings. The predicted molar refractivity (Wildman–Crippen MR) is 49.8 cm³/mol. The normalized spacial score (nSPS) is 9.08. The van der Waals surface area contributed by atoms with Crippen LogP contribution >= 0.6 is 0 Å². The fourth-order valence-corrected chi connectivity index (χ4v) is 0.889. The van der Waals surface area contributed by atoms with Crippen LogP contribution in [0.25, 0.3) is 0 Å². The van der Waals surface area contributed by atoms with E-state index in [0.717, 1.165) is 5.82 Å². The van der Waals surface area contributed by atoms with Gasteiger partial charge in [-0.05, 0) is 6.07 Å². The Hall–Kier alpha value is -1.76. The van der Waals surface area contributed by atoms with Crippen molar-refractivity contribution in [3.05, 3.63) is 17.7 Å². The van der Waals surface area contributed by atoms with Gasteiger partial charge in [-0.1, -0.05) is 0 Å². The average Bonchev–Trinajstić information content (AvgIpc) is 2.16. The van der Waals surface area contributed by atoms with Crippen LogP contribution in [-0.2, 0) is 0 Å². The Morgan fingerprint density at radius 2 is 2.15 bits per heavy atom. The van der Waals surface area contributed by atoms with Crippen LogP contribution in [0, 0.1) is 11.3 Å². The van der Waals surface area contributed by atoms with Crippen molar-refractivity contribution in [2.45, 2.75) is 0 Å². The highest BCUT2D eigenvalue weighted by Crippen LogP contribution is 2.16. The molecular weight excluding hydrogens is 166 g/mol. The summed E-state index contributed by atoms with van der Waals surface area (Å²) in [5.74, 6) is 1.18. The summed E-state index contributed by atoms with van der Waals surface area (Å²) in [4.78, 5) is 5.97. The Morgan fingerprint density at radius 3 is 2.62 bits per heavy atom. The summed E-state index contributed by atoms with van der Waals surface area (Å²) in [7, 11) is 5.26. The Morgan fingerprint density at radius 1 is 1.46 bits per heavy atom. The van der Waals surface area contributed by atoms with Crippen LogP contribution in [0.1, 0.15) is 5.56 Å². The Balaban J connectivity index is 3.17. The predicted octanol–water partition coefficient (Wildman–Crippen LogP) is 1.03. The molecule has 0 radical (unpaired) electrons. The Bertz CT molecular complexity index is 341. The smallest absolute Gasteiger partial charge is 0.216 e. The molecule has 0 aliphatic heterocycles. The van der Waals surface area contributed by atoms with Gasteiger partial charge in [0, 0.05) is 20.2 Å². The number of hydrogen-bond acceptors (Lipinski definition) is 4. The van der Waals surface area contributed by atoms with Gasteiger partial charge in [-0.2, -0.15) is 10.2 Å². The summed E-state index contributed by atoms with van der Waals surface area (Å²) in [6.07, 6.45) is 0. The lowest BCUT2D eigenvalue weighted by atomic mass is 10.3. The molecule has 0 aliphatic rings. The van der Waals surface area contributed by atoms with E-state index in [2.05, 4.69) is 11.1 Å². The van der Waals surface area contributed by atoms with E-state index in [-0.39, 0.29) is 0 Å². The average molecular weight is 177 g/mol. The van der Waals surface area contributed by atoms with Gasteiger partial charge in [0.05, 0.1) is 18.7 Å². The van der Waals surface area contributed by atoms with E-state index in [1.807, 2.05) is 19.0 Å². The molecule has 0 unspecified atom stereocenters. The minimum Gasteiger partial charge on any atom is -0.481 e. The largest absolute Gasteiger partial charge is 0.481 e. The minimum absolute atomic E-state index is 0.461. The van der Waals surface area contributed by atoms with Gasteiger partial charge in [0.1, 0.15) is 5.82 Å². The zero-order valence-electron chi connectivity index (χ0n) is 7.90. The molecule has 13 heavy (non-hydrogen) atoms. The van der Waals surface area contributed by atoms with E-state index >= 15 is 0 Å². The molecule has 1 heterocycles. The first kappa shape index (κ1) is 9.33. The quantitative estimate of drug-likeness (QED) is 0.677. The summed E-state index contributed by atoms with van der Waals surface area (Å²) in [6, 6.07) is 5.37. The maximum atomic E-state index is 8.71. The van der Waals surface area contributed by atoms with Gasteiger partial charge >= 0.3 is 0 Å². The first-order chi connectivity index (χ1) is 6.17. The van der Waals surface area contributed by atoms with Crippen molar-refractivity contribution >= 4 is 5.82 Å². The summed E-state index contributed by atoms with van der Waals surface area (Å²) in [5.41, 5.74) is 0.551. The van der Waals surface area contributed by atoms with E-state index in [1.165, 1.54) is 7.11 Å². The number of hydrogen-bond donors (Lipinski definition) is 0. The van der Waals surface area contributed by atoms with Crippen LogP contribution in [0.15, 0.2) is 12.1 Å². The summed E-state index contributed by atoms with van der Waals surface area (Å²) >= 11 is 0. The highest BCUT2D eigenvalue weighted by atomic mass is 16.5. The second-order valence-electron chi connectivity index (χ2n) is 2.76. The fraction of sp³-hybridized carbons (Fsp3) is 0.333. The van der Waals surface area contributed by atoms with E-state index in [0.29, 0.717) is 11.4 Å². The first-order valence-electron chi connectivity index (χ1n) is 3.81. The number of nitrogens with zero attached hydrogens (tertiary/aromatic N) is 3. The lowest BCUT2D eigenvalue weighted by Crippen LogP contribution is -2.11. The van der Waals surface area contributed by atoms with Gasteiger partial charge < -0.3 is 9.64 Å². The standard InChI is InChI=1S/C9H11N3O/c1-12(2)8-4-7(6-10)5-9(11-8)13-3/h4-5H,1-3H3. The van der Waals surface area contributed by atoms with E-state index in [9.17, 15) is 0 Å². The molecule has 0 bridgehead atoms. The number of rotatable bonds is 2. The molecule has 1 aromatic heterocycles. The zero-order valence-corrected chi connectivity index (χ0v) is 7.90. The maximum Gasteiger partial charge on any atom is 0.216 e. The molecule has 4 heteroatoms. The Kier molecular flexibility index (Phi) is 2.70. The molecule has 0 aromatic carbocycles. The van der Waals surface area contributed by atoms with Crippen molar-refractivity contribution in [3.8, 4) is 11.9 Å². The molecule has 4 nitrogen and oxygen atoms in total. The molecule has 0 atom stereocenters. The molecule has 68 valence electrons. The zero-order chi connectivity index (χ0) is 9.84. The molecule has 1 rings (SSSR count). The van der Waals surface area contributed by atoms with Gasteiger partial charge in [-0.15, -0.1) is 0 Å². The highest BCUT2D eigenvalue weighted by molar-refractivity contribution is 5.47. The van der Waals surface area contributed by atoms with Crippen molar-refractivity contribution in [2.75, 3.05) is 26.1 Å². The summed E-state index contributed by atoms with van der Waals surface area (Å²) in [5, 5.41) is 8.71. The number of nitriles is 1. The topological polar surface area (TPSA) is 49.1 Å². The molecule has 0 N–H and O–H groups in total. The van der Waals surface area contributed by atoms with Crippen LogP contribution in [-0.4, -0.2) is 26.2 Å². The number of pyridine rings is 1. The third-order valence-corrected chi connectivity index (χ3v) is 1.58. The fourth-order valence-electron chi connectivity index (χ4n) is 0.889. The van der Waals surface area contributed by atoms with Crippen LogP contribution in [0.5, 0.6) is 5.88 Å². The van der Waals surface area contributed by atoms with Gasteiger partial charge in [0.2, 0.25) is 5.88 Å². The van der Waals surface area contributed by atoms with Gasteiger partial charge in [-0.25, -0.2) is 0 Å². The minimum atomic E-state index is 0.461. The second kappa shape index (κ2) is 3.76. The van der Waals surface area contributed by atoms with Crippen molar-refractivity contribution in [3.63, 3.8) is 0 Å². The lowest BCUT2D eigenvalue weighted by Gasteiger charge is -2.12. The molecule has 0 saturated carbocycles. The lowest BCUT2D eigenvalue weighted by molar-refractivity contribution is 0.398. The van der Waals surface area contributed by atoms with Gasteiger partial charge in [0.15, 0.2) is 0 Å². The molecule has 0 aliphatic carbocycles. The SMILES string of the molecule is COc1cc(C#N)cc(N(C)C)n1. The molecule has 0 spiro atoms. The van der Waals surface area contributed by atoms with E-state index in [1.54, 1.807) is 12.1 Å². The molecular formula is C9H11N3O. The number of ether oxygens (including phenoxy) is 1. The first-order valence-corrected chi connectivity index (χ1v) is 3.81. The second-order valence-corrected chi connectivity index (χ2v) is 2.76. The number of anilines is 1. The number of aromatic nitrogens is 1. The summed E-state index contributed by atoms with van der Waals surface area (Å²) < 4.78 is 4.96. The van der Waals surface area contributed by atoms with Gasteiger partial charge in [-0.3, -0.25) is 0 Å². The monoisotopic (exact) mass is 177 g/mol. The molecule has 0 saturated heterocycles. The number of methoxy groups -OCH3 is 1. The molecule has 0 amide bonds. The molecule has 1 aromatic rings. The van der Waals surface area contributed by atoms with Gasteiger partial charge in [0.25, 0.3) is 0 Å². The van der Waals surface area contributed by atoms with Crippen LogP contribution in [0.2, 0.25) is 0 Å². The summed E-state index contributed by atoms with van der Waals surface area (Å²) in [6.45, 7) is 0. The third kappa shape index (κ3) is 2.09. The highest BCUT2D eigenvalue weighted by Gasteiger charge is 2.03. The van der Waals surface area contributed by atoms with Crippen molar-refractivity contribution in [2.24, 2.45) is 0 Å². The third-order valence-electron chi connectivity index (χ3n) is 1.58. The van der Waals surface area contributed by atoms with Crippen molar-refractivity contribution in [1.29, 1.82) is 5.26 Å². The van der Waals surface area contributed by atoms with Crippen molar-refractivity contribution in [1.82, 2.24) is 4.98 Å². The van der Waals surface area contributed by atoms with Crippen LogP contribution < -0.4 is 9.64 Å². The van der Waals surface area contributed by atoms with Crippen LogP contribution in [0.4, 0.5) is 5.82 Å². The Labute approximate surface area is 77.4 Å². The van der Waals surface area contributed by atoms with Crippen LogP contribution in [0.3, 0.4) is 0 Å². The van der Waals surface area contributed by atoms with E-state index in [4.69, 9.17) is 10.00 Å². The van der Waals surface area contributed by atoms with E-state index < -0.39 is 0 Å². The van der Waals surface area contributed by atoms with Crippen molar-refractivity contribution < 1.29 is 4.74 Å².